The average Bonchev–Trinajstić information content (AvgIpc) is 2.96. The number of hydrogen-bond donors (Lipinski definition) is 4. The fourth-order valence-electron chi connectivity index (χ4n) is 5.75. The molecule has 2 aromatic heterocycles. The number of anilines is 1. The predicted molar refractivity (Wildman–Crippen MR) is 161 cm³/mol. The number of nitriles is 1. The van der Waals surface area contributed by atoms with E-state index in [1.54, 1.807) is 6.20 Å². The molecule has 0 atom stereocenters. The second-order valence-electron chi connectivity index (χ2n) is 11.5. The monoisotopic (exact) mass is 554 g/mol. The summed E-state index contributed by atoms with van der Waals surface area (Å²) in [4.78, 5) is 11.1. The molecule has 4 N–H and O–H groups in total. The van der Waals surface area contributed by atoms with Crippen LogP contribution in [-0.4, -0.2) is 59.5 Å². The molecule has 214 valence electrons. The average molecular weight is 555 g/mol. The van der Waals surface area contributed by atoms with Gasteiger partial charge in [-0.05, 0) is 80.5 Å². The first kappa shape index (κ1) is 28.7. The maximum Gasteiger partial charge on any atom is 0.136 e. The lowest BCUT2D eigenvalue weighted by Crippen LogP contribution is -2.56. The molecule has 41 heavy (non-hydrogen) atoms. The number of alkyl halides is 1. The van der Waals surface area contributed by atoms with Crippen molar-refractivity contribution in [3.63, 3.8) is 0 Å². The molecule has 0 aromatic carbocycles. The Balaban J connectivity index is 1.14. The first-order valence-electron chi connectivity index (χ1n) is 14.5. The third-order valence-corrected chi connectivity index (χ3v) is 8.23. The summed E-state index contributed by atoms with van der Waals surface area (Å²) < 4.78 is 14.8. The fourth-order valence-corrected chi connectivity index (χ4v) is 5.75. The lowest BCUT2D eigenvalue weighted by atomic mass is 9.80. The van der Waals surface area contributed by atoms with E-state index in [0.717, 1.165) is 66.8 Å². The van der Waals surface area contributed by atoms with Crippen molar-refractivity contribution in [2.75, 3.05) is 32.0 Å². The van der Waals surface area contributed by atoms with Gasteiger partial charge in [0.15, 0.2) is 0 Å². The summed E-state index contributed by atoms with van der Waals surface area (Å²) in [5, 5.41) is 27.5. The molecule has 5 rings (SSSR count). The summed E-state index contributed by atoms with van der Waals surface area (Å²) >= 11 is 0. The Morgan fingerprint density at radius 1 is 1.24 bits per heavy atom. The second kappa shape index (κ2) is 12.8. The van der Waals surface area contributed by atoms with E-state index in [1.807, 2.05) is 42.6 Å². The number of aryl methyl sites for hydroxylation is 1. The van der Waals surface area contributed by atoms with Crippen LogP contribution in [0.2, 0.25) is 0 Å². The van der Waals surface area contributed by atoms with Crippen LogP contribution in [0.15, 0.2) is 65.8 Å². The third-order valence-electron chi connectivity index (χ3n) is 8.23. The summed E-state index contributed by atoms with van der Waals surface area (Å²) in [6, 6.07) is 10.8. The van der Waals surface area contributed by atoms with Crippen molar-refractivity contribution in [1.29, 1.82) is 10.7 Å². The Morgan fingerprint density at radius 2 is 2.07 bits per heavy atom. The Labute approximate surface area is 242 Å². The first-order valence-corrected chi connectivity index (χ1v) is 14.5. The van der Waals surface area contributed by atoms with Crippen molar-refractivity contribution in [3.05, 3.63) is 82.6 Å². The molecule has 4 heterocycles. The highest BCUT2D eigenvalue weighted by Gasteiger charge is 2.40. The van der Waals surface area contributed by atoms with Gasteiger partial charge in [0.25, 0.3) is 0 Å². The van der Waals surface area contributed by atoms with Gasteiger partial charge in [-0.3, -0.25) is 9.88 Å². The summed E-state index contributed by atoms with van der Waals surface area (Å²) in [6.07, 6.45) is 12.9. The van der Waals surface area contributed by atoms with Crippen molar-refractivity contribution in [2.45, 2.75) is 57.3 Å². The molecule has 2 aromatic rings. The molecular formula is C32H39FN8. The van der Waals surface area contributed by atoms with Crippen molar-refractivity contribution >= 4 is 17.6 Å². The maximum atomic E-state index is 14.8. The normalized spacial score (nSPS) is 22.7. The minimum atomic E-state index is -1.14. The number of likely N-dealkylation sites (tertiary alicyclic amines) is 1. The molecular weight excluding hydrogens is 515 g/mol. The van der Waals surface area contributed by atoms with Crippen LogP contribution in [0.25, 0.3) is 5.57 Å². The summed E-state index contributed by atoms with van der Waals surface area (Å²) in [7, 11) is 1.92. The van der Waals surface area contributed by atoms with Crippen molar-refractivity contribution in [1.82, 2.24) is 25.5 Å². The molecule has 1 saturated heterocycles. The van der Waals surface area contributed by atoms with Gasteiger partial charge in [0, 0.05) is 73.9 Å². The predicted octanol–water partition coefficient (Wildman–Crippen LogP) is 4.75. The van der Waals surface area contributed by atoms with Crippen LogP contribution in [0.1, 0.15) is 49.4 Å². The van der Waals surface area contributed by atoms with E-state index in [1.165, 1.54) is 5.56 Å². The number of dihydropyridines is 1. The molecule has 1 aliphatic carbocycles. The van der Waals surface area contributed by atoms with Crippen molar-refractivity contribution in [2.24, 2.45) is 5.92 Å². The first-order chi connectivity index (χ1) is 19.9. The van der Waals surface area contributed by atoms with Gasteiger partial charge in [-0.25, -0.2) is 9.37 Å². The number of aromatic nitrogens is 2. The minimum Gasteiger partial charge on any atom is -0.370 e. The molecule has 0 bridgehead atoms. The zero-order valence-corrected chi connectivity index (χ0v) is 23.9. The molecule has 8 nitrogen and oxygen atoms in total. The van der Waals surface area contributed by atoms with E-state index >= 15 is 0 Å². The second-order valence-corrected chi connectivity index (χ2v) is 11.5. The van der Waals surface area contributed by atoms with E-state index in [0.29, 0.717) is 43.6 Å². The molecule has 0 spiro atoms. The summed E-state index contributed by atoms with van der Waals surface area (Å²) in [5.41, 5.74) is 4.59. The van der Waals surface area contributed by atoms with Crippen LogP contribution in [0.3, 0.4) is 0 Å². The number of rotatable bonds is 12. The zero-order valence-electron chi connectivity index (χ0n) is 23.9. The van der Waals surface area contributed by atoms with Gasteiger partial charge in [0.1, 0.15) is 17.6 Å². The van der Waals surface area contributed by atoms with E-state index in [2.05, 4.69) is 51.0 Å². The van der Waals surface area contributed by atoms with E-state index in [-0.39, 0.29) is 5.57 Å². The van der Waals surface area contributed by atoms with Crippen LogP contribution in [0.4, 0.5) is 10.2 Å². The molecule has 0 amide bonds. The van der Waals surface area contributed by atoms with E-state index < -0.39 is 5.67 Å². The standard InChI is InChI=1S/C32H39FN8/c1-3-27-6-4-23(16-36-27)17-37-28-10-24(11-28)18-38-30-7-5-25(19-39-30)29-12-22(8-9-32(33)20-41(2)21-32)15-40-31(29)26(13-34)14-35/h4-7,12-13,15-16,19,24,28,34,37,40H,3,8-11,17-18,20-21H2,1-2H3,(H,38,39)/b31-26+,34-13?. The minimum absolute atomic E-state index is 0.235. The fraction of sp³-hybridized carbons (Fsp3) is 0.438. The topological polar surface area (TPSA) is 113 Å². The molecule has 0 radical (unpaired) electrons. The van der Waals surface area contributed by atoms with Gasteiger partial charge < -0.3 is 21.4 Å². The highest BCUT2D eigenvalue weighted by atomic mass is 19.1. The zero-order chi connectivity index (χ0) is 28.8. The van der Waals surface area contributed by atoms with E-state index in [4.69, 9.17) is 5.41 Å². The lowest BCUT2D eigenvalue weighted by molar-refractivity contribution is -0.0210. The van der Waals surface area contributed by atoms with Gasteiger partial charge in [0.2, 0.25) is 0 Å². The number of allylic oxidation sites excluding steroid dienone is 4. The van der Waals surface area contributed by atoms with Gasteiger partial charge in [-0.2, -0.15) is 5.26 Å². The van der Waals surface area contributed by atoms with Crippen molar-refractivity contribution in [3.8, 4) is 6.07 Å². The molecule has 9 heteroatoms. The smallest absolute Gasteiger partial charge is 0.136 e. The highest BCUT2D eigenvalue weighted by Crippen LogP contribution is 2.34. The number of hydrogen-bond acceptors (Lipinski definition) is 8. The summed E-state index contributed by atoms with van der Waals surface area (Å²) in [5.74, 6) is 1.40. The Morgan fingerprint density at radius 3 is 2.71 bits per heavy atom. The lowest BCUT2D eigenvalue weighted by Gasteiger charge is -2.42. The Bertz CT molecular complexity index is 1360. The molecule has 0 unspecified atom stereocenters. The molecule has 3 aliphatic rings. The van der Waals surface area contributed by atoms with Crippen LogP contribution in [-0.2, 0) is 13.0 Å². The highest BCUT2D eigenvalue weighted by molar-refractivity contribution is 5.93. The number of nitrogens with zero attached hydrogens (tertiary/aromatic N) is 4. The van der Waals surface area contributed by atoms with Crippen LogP contribution in [0, 0.1) is 22.7 Å². The molecule has 1 saturated carbocycles. The van der Waals surface area contributed by atoms with Gasteiger partial charge >= 0.3 is 0 Å². The number of halogens is 1. The Hall–Kier alpha value is -3.87. The Kier molecular flexibility index (Phi) is 8.91. The van der Waals surface area contributed by atoms with Crippen molar-refractivity contribution < 1.29 is 4.39 Å². The maximum absolute atomic E-state index is 14.8. The van der Waals surface area contributed by atoms with E-state index in [9.17, 15) is 9.65 Å². The van der Waals surface area contributed by atoms with Gasteiger partial charge in [-0.1, -0.05) is 13.0 Å². The van der Waals surface area contributed by atoms with Gasteiger partial charge in [-0.15, -0.1) is 0 Å². The van der Waals surface area contributed by atoms with Crippen LogP contribution >= 0.6 is 0 Å². The quantitative estimate of drug-likeness (QED) is 0.221. The molecule has 2 fully saturated rings. The largest absolute Gasteiger partial charge is 0.370 e. The van der Waals surface area contributed by atoms with Crippen LogP contribution < -0.4 is 16.0 Å². The number of nitrogens with one attached hydrogen (secondary N) is 4. The SMILES string of the molecule is CCc1ccc(CNC2CC(CNc3ccc(C4=CC(CCC5(F)CN(C)C5)=CN/C4=C(/C#N)C=N)cn3)C2)cn1. The molecule has 2 aliphatic heterocycles. The van der Waals surface area contributed by atoms with Gasteiger partial charge in [0.05, 0.1) is 11.3 Å². The summed E-state index contributed by atoms with van der Waals surface area (Å²) in [6.45, 7) is 4.75. The third kappa shape index (κ3) is 7.07. The van der Waals surface area contributed by atoms with Crippen LogP contribution in [0.5, 0.6) is 0 Å². The number of pyridine rings is 2.